The molecule has 2 aromatic rings. The number of para-hydroxylation sites is 1. The molecule has 4 heteroatoms. The van der Waals surface area contributed by atoms with E-state index in [4.69, 9.17) is 4.74 Å². The lowest BCUT2D eigenvalue weighted by Gasteiger charge is -2.18. The van der Waals surface area contributed by atoms with Gasteiger partial charge in [-0.25, -0.2) is 0 Å². The summed E-state index contributed by atoms with van der Waals surface area (Å²) in [5, 5.41) is 0. The van der Waals surface area contributed by atoms with Crippen molar-refractivity contribution in [3.8, 4) is 11.5 Å². The zero-order valence-electron chi connectivity index (χ0n) is 12.0. The van der Waals surface area contributed by atoms with Gasteiger partial charge in [-0.3, -0.25) is 9.78 Å². The minimum absolute atomic E-state index is 0.00129. The average molecular weight is 282 g/mol. The molecular weight excluding hydrogens is 264 g/mol. The molecule has 108 valence electrons. The highest BCUT2D eigenvalue weighted by molar-refractivity contribution is 5.96. The summed E-state index contributed by atoms with van der Waals surface area (Å²) >= 11 is 0. The lowest BCUT2D eigenvalue weighted by molar-refractivity contribution is 0.0786. The fourth-order valence-corrected chi connectivity index (χ4v) is 2.24. The van der Waals surface area contributed by atoms with E-state index in [1.54, 1.807) is 29.4 Å². The third-order valence-corrected chi connectivity index (χ3v) is 3.56. The van der Waals surface area contributed by atoms with Crippen LogP contribution in [0.2, 0.25) is 0 Å². The molecular formula is C17H18N2O2. The summed E-state index contributed by atoms with van der Waals surface area (Å²) in [4.78, 5) is 18.3. The number of ether oxygens (including phenoxy) is 1. The normalized spacial score (nSPS) is 13.8. The highest BCUT2D eigenvalue weighted by Gasteiger charge is 2.26. The smallest absolute Gasteiger partial charge is 0.257 e. The molecule has 4 nitrogen and oxygen atoms in total. The summed E-state index contributed by atoms with van der Waals surface area (Å²) in [7, 11) is 1.85. The summed E-state index contributed by atoms with van der Waals surface area (Å²) < 4.78 is 5.79. The van der Waals surface area contributed by atoms with Crippen molar-refractivity contribution >= 4 is 5.91 Å². The SMILES string of the molecule is CN(CC1CC1)C(=O)c1ccccc1Oc1cccnc1. The first-order valence-electron chi connectivity index (χ1n) is 7.16. The summed E-state index contributed by atoms with van der Waals surface area (Å²) in [5.41, 5.74) is 0.588. The molecule has 1 aliphatic rings. The van der Waals surface area contributed by atoms with Crippen molar-refractivity contribution in [1.29, 1.82) is 0 Å². The van der Waals surface area contributed by atoms with E-state index >= 15 is 0 Å². The van der Waals surface area contributed by atoms with E-state index in [0.29, 0.717) is 23.0 Å². The molecule has 1 aromatic carbocycles. The van der Waals surface area contributed by atoms with E-state index in [2.05, 4.69) is 4.98 Å². The fraction of sp³-hybridized carbons (Fsp3) is 0.294. The lowest BCUT2D eigenvalue weighted by Crippen LogP contribution is -2.29. The van der Waals surface area contributed by atoms with Gasteiger partial charge in [0.1, 0.15) is 11.5 Å². The lowest BCUT2D eigenvalue weighted by atomic mass is 10.1. The Labute approximate surface area is 124 Å². The topological polar surface area (TPSA) is 42.4 Å². The number of benzene rings is 1. The van der Waals surface area contributed by atoms with Crippen LogP contribution in [0, 0.1) is 5.92 Å². The minimum atomic E-state index is 0.00129. The first-order chi connectivity index (χ1) is 10.2. The number of hydrogen-bond acceptors (Lipinski definition) is 3. The van der Waals surface area contributed by atoms with Crippen LogP contribution in [0.3, 0.4) is 0 Å². The molecule has 1 fully saturated rings. The summed E-state index contributed by atoms with van der Waals surface area (Å²) in [6.45, 7) is 0.820. The molecule has 1 aromatic heterocycles. The zero-order valence-corrected chi connectivity index (χ0v) is 12.0. The van der Waals surface area contributed by atoms with Crippen LogP contribution in [0.4, 0.5) is 0 Å². The Morgan fingerprint density at radius 2 is 2.10 bits per heavy atom. The van der Waals surface area contributed by atoms with E-state index in [1.807, 2.05) is 31.3 Å². The van der Waals surface area contributed by atoms with E-state index < -0.39 is 0 Å². The largest absolute Gasteiger partial charge is 0.455 e. The van der Waals surface area contributed by atoms with Crippen LogP contribution >= 0.6 is 0 Å². The summed E-state index contributed by atoms with van der Waals surface area (Å²) in [5.74, 6) is 1.87. The van der Waals surface area contributed by atoms with E-state index in [-0.39, 0.29) is 5.91 Å². The van der Waals surface area contributed by atoms with E-state index in [9.17, 15) is 4.79 Å². The molecule has 1 aliphatic carbocycles. The molecule has 0 atom stereocenters. The fourth-order valence-electron chi connectivity index (χ4n) is 2.24. The van der Waals surface area contributed by atoms with Crippen LogP contribution in [0.1, 0.15) is 23.2 Å². The molecule has 1 amide bonds. The molecule has 1 heterocycles. The molecule has 0 aliphatic heterocycles. The molecule has 0 spiro atoms. The van der Waals surface area contributed by atoms with Crippen molar-refractivity contribution in [3.63, 3.8) is 0 Å². The second-order valence-electron chi connectivity index (χ2n) is 5.42. The van der Waals surface area contributed by atoms with Crippen molar-refractivity contribution in [2.24, 2.45) is 5.92 Å². The first-order valence-corrected chi connectivity index (χ1v) is 7.16. The Balaban J connectivity index is 1.79. The third-order valence-electron chi connectivity index (χ3n) is 3.56. The highest BCUT2D eigenvalue weighted by Crippen LogP contribution is 2.31. The number of carbonyl (C=O) groups is 1. The average Bonchev–Trinajstić information content (AvgIpc) is 3.32. The van der Waals surface area contributed by atoms with Crippen LogP contribution in [0.25, 0.3) is 0 Å². The van der Waals surface area contributed by atoms with Crippen LogP contribution in [-0.2, 0) is 0 Å². The molecule has 0 saturated heterocycles. The van der Waals surface area contributed by atoms with Gasteiger partial charge in [0.15, 0.2) is 0 Å². The van der Waals surface area contributed by atoms with Crippen LogP contribution in [-0.4, -0.2) is 29.4 Å². The van der Waals surface area contributed by atoms with Gasteiger partial charge in [0.05, 0.1) is 11.8 Å². The maximum atomic E-state index is 12.5. The predicted octanol–water partition coefficient (Wildman–Crippen LogP) is 3.36. The van der Waals surface area contributed by atoms with Gasteiger partial charge in [-0.05, 0) is 43.0 Å². The van der Waals surface area contributed by atoms with E-state index in [0.717, 1.165) is 6.54 Å². The Morgan fingerprint density at radius 1 is 1.29 bits per heavy atom. The van der Waals surface area contributed by atoms with Crippen molar-refractivity contribution in [2.45, 2.75) is 12.8 Å². The summed E-state index contributed by atoms with van der Waals surface area (Å²) in [6, 6.07) is 11.0. The maximum absolute atomic E-state index is 12.5. The number of hydrogen-bond donors (Lipinski definition) is 0. The third kappa shape index (κ3) is 3.40. The highest BCUT2D eigenvalue weighted by atomic mass is 16.5. The second kappa shape index (κ2) is 5.95. The van der Waals surface area contributed by atoms with Crippen molar-refractivity contribution in [2.75, 3.05) is 13.6 Å². The van der Waals surface area contributed by atoms with Gasteiger partial charge in [-0.15, -0.1) is 0 Å². The number of nitrogens with zero attached hydrogens (tertiary/aromatic N) is 2. The number of amides is 1. The predicted molar refractivity (Wildman–Crippen MR) is 80.4 cm³/mol. The van der Waals surface area contributed by atoms with Gasteiger partial charge in [0.25, 0.3) is 5.91 Å². The van der Waals surface area contributed by atoms with Crippen molar-refractivity contribution in [3.05, 3.63) is 54.4 Å². The molecule has 3 rings (SSSR count). The van der Waals surface area contributed by atoms with Gasteiger partial charge in [-0.2, -0.15) is 0 Å². The van der Waals surface area contributed by atoms with Gasteiger partial charge in [0.2, 0.25) is 0 Å². The standard InChI is InChI=1S/C17H18N2O2/c1-19(12-13-8-9-13)17(20)15-6-2-3-7-16(15)21-14-5-4-10-18-11-14/h2-7,10-11,13H,8-9,12H2,1H3. The Kier molecular flexibility index (Phi) is 3.86. The second-order valence-corrected chi connectivity index (χ2v) is 5.42. The minimum Gasteiger partial charge on any atom is -0.455 e. The molecule has 0 unspecified atom stereocenters. The Morgan fingerprint density at radius 3 is 2.81 bits per heavy atom. The maximum Gasteiger partial charge on any atom is 0.257 e. The number of carbonyl (C=O) groups excluding carboxylic acids is 1. The Hall–Kier alpha value is -2.36. The Bertz CT molecular complexity index is 624. The molecule has 1 saturated carbocycles. The van der Waals surface area contributed by atoms with Crippen molar-refractivity contribution < 1.29 is 9.53 Å². The molecule has 0 bridgehead atoms. The number of pyridine rings is 1. The van der Waals surface area contributed by atoms with Gasteiger partial charge in [-0.1, -0.05) is 12.1 Å². The van der Waals surface area contributed by atoms with Gasteiger partial charge < -0.3 is 9.64 Å². The van der Waals surface area contributed by atoms with Crippen molar-refractivity contribution in [1.82, 2.24) is 9.88 Å². The molecule has 0 N–H and O–H groups in total. The molecule has 21 heavy (non-hydrogen) atoms. The van der Waals surface area contributed by atoms with E-state index in [1.165, 1.54) is 12.8 Å². The zero-order chi connectivity index (χ0) is 14.7. The van der Waals surface area contributed by atoms with Gasteiger partial charge >= 0.3 is 0 Å². The van der Waals surface area contributed by atoms with Crippen LogP contribution in [0.5, 0.6) is 11.5 Å². The molecule has 0 radical (unpaired) electrons. The van der Waals surface area contributed by atoms with Crippen LogP contribution < -0.4 is 4.74 Å². The first kappa shape index (κ1) is 13.6. The monoisotopic (exact) mass is 282 g/mol. The van der Waals surface area contributed by atoms with Gasteiger partial charge in [0, 0.05) is 19.8 Å². The number of rotatable bonds is 5. The number of aromatic nitrogens is 1. The quantitative estimate of drug-likeness (QED) is 0.844. The summed E-state index contributed by atoms with van der Waals surface area (Å²) in [6.07, 6.45) is 5.78. The van der Waals surface area contributed by atoms with Crippen LogP contribution in [0.15, 0.2) is 48.8 Å².